The number of hydrogen-bond donors (Lipinski definition) is 2. The maximum atomic E-state index is 12.7. The van der Waals surface area contributed by atoms with Crippen LogP contribution in [0.25, 0.3) is 11.3 Å². The van der Waals surface area contributed by atoms with Gasteiger partial charge in [-0.05, 0) is 25.0 Å². The van der Waals surface area contributed by atoms with E-state index >= 15 is 0 Å². The highest BCUT2D eigenvalue weighted by atomic mass is 35.5. The highest BCUT2D eigenvalue weighted by Gasteiger charge is 2.30. The summed E-state index contributed by atoms with van der Waals surface area (Å²) in [6.45, 7) is 1.84. The summed E-state index contributed by atoms with van der Waals surface area (Å²) < 4.78 is 5.27. The second-order valence-corrected chi connectivity index (χ2v) is 5.98. The van der Waals surface area contributed by atoms with Crippen LogP contribution in [0.5, 0.6) is 0 Å². The number of amides is 2. The van der Waals surface area contributed by atoms with E-state index in [2.05, 4.69) is 15.5 Å². The molecule has 27 heavy (non-hydrogen) atoms. The fraction of sp³-hybridized carbons (Fsp3) is 0.412. The van der Waals surface area contributed by atoms with Crippen LogP contribution in [-0.4, -0.2) is 53.0 Å². The number of hydrogen-bond acceptors (Lipinski definition) is 6. The van der Waals surface area contributed by atoms with Crippen molar-refractivity contribution in [3.8, 4) is 11.3 Å². The smallest absolute Gasteiger partial charge is 0.276 e. The fourth-order valence-corrected chi connectivity index (χ4v) is 2.91. The molecule has 0 saturated carbocycles. The number of rotatable bonds is 5. The Balaban J connectivity index is 0.00000182. The van der Waals surface area contributed by atoms with Gasteiger partial charge >= 0.3 is 0 Å². The van der Waals surface area contributed by atoms with E-state index < -0.39 is 0 Å². The van der Waals surface area contributed by atoms with E-state index in [-0.39, 0.29) is 48.2 Å². The van der Waals surface area contributed by atoms with Crippen molar-refractivity contribution in [3.05, 3.63) is 36.3 Å². The predicted octanol–water partition coefficient (Wildman–Crippen LogP) is 1.51. The molecule has 0 spiro atoms. The Hall–Kier alpha value is -2.16. The van der Waals surface area contributed by atoms with Crippen LogP contribution in [0, 0.1) is 5.92 Å². The number of nitrogens with zero attached hydrogens (tertiary/aromatic N) is 3. The molecule has 0 bridgehead atoms. The molecule has 1 saturated heterocycles. The van der Waals surface area contributed by atoms with Gasteiger partial charge in [0.15, 0.2) is 11.5 Å². The number of piperidine rings is 1. The maximum Gasteiger partial charge on any atom is 0.276 e. The zero-order valence-corrected chi connectivity index (χ0v) is 16.3. The molecule has 3 rings (SSSR count). The largest absolute Gasteiger partial charge is 0.355 e. The van der Waals surface area contributed by atoms with Crippen molar-refractivity contribution in [2.24, 2.45) is 11.7 Å². The lowest BCUT2D eigenvalue weighted by molar-refractivity contribution is -0.126. The monoisotopic (exact) mass is 415 g/mol. The Kier molecular flexibility index (Phi) is 9.20. The summed E-state index contributed by atoms with van der Waals surface area (Å²) in [4.78, 5) is 30.4. The van der Waals surface area contributed by atoms with Crippen LogP contribution in [0.2, 0.25) is 0 Å². The molecule has 3 heterocycles. The molecule has 148 valence electrons. The molecule has 1 unspecified atom stereocenters. The van der Waals surface area contributed by atoms with Gasteiger partial charge in [0, 0.05) is 50.2 Å². The summed E-state index contributed by atoms with van der Waals surface area (Å²) in [5, 5.41) is 6.67. The molecular formula is C17H23Cl2N5O3. The Morgan fingerprint density at radius 1 is 1.30 bits per heavy atom. The van der Waals surface area contributed by atoms with Crippen molar-refractivity contribution in [2.75, 3.05) is 26.2 Å². The number of likely N-dealkylation sites (tertiary alicyclic amines) is 1. The molecule has 0 aliphatic carbocycles. The van der Waals surface area contributed by atoms with Gasteiger partial charge in [-0.3, -0.25) is 14.6 Å². The molecule has 3 N–H and O–H groups in total. The first-order valence-electron chi connectivity index (χ1n) is 8.33. The summed E-state index contributed by atoms with van der Waals surface area (Å²) in [5.74, 6) is 0.0248. The average molecular weight is 416 g/mol. The van der Waals surface area contributed by atoms with Crippen LogP contribution in [0.15, 0.2) is 35.1 Å². The van der Waals surface area contributed by atoms with E-state index in [1.807, 2.05) is 0 Å². The van der Waals surface area contributed by atoms with Gasteiger partial charge in [0.1, 0.15) is 0 Å². The van der Waals surface area contributed by atoms with E-state index in [0.29, 0.717) is 31.9 Å². The van der Waals surface area contributed by atoms with Crippen LogP contribution >= 0.6 is 24.8 Å². The first-order valence-corrected chi connectivity index (χ1v) is 8.33. The molecule has 2 aromatic rings. The lowest BCUT2D eigenvalue weighted by Gasteiger charge is -2.31. The highest BCUT2D eigenvalue weighted by molar-refractivity contribution is 5.93. The first kappa shape index (κ1) is 22.9. The summed E-state index contributed by atoms with van der Waals surface area (Å²) >= 11 is 0. The van der Waals surface area contributed by atoms with Crippen LogP contribution in [0.3, 0.4) is 0 Å². The van der Waals surface area contributed by atoms with E-state index in [1.165, 1.54) is 0 Å². The van der Waals surface area contributed by atoms with Gasteiger partial charge in [-0.25, -0.2) is 0 Å². The number of nitrogens with two attached hydrogens (primary N) is 1. The van der Waals surface area contributed by atoms with Gasteiger partial charge in [-0.2, -0.15) is 0 Å². The molecule has 10 heteroatoms. The zero-order valence-electron chi connectivity index (χ0n) is 14.7. The Bertz CT molecular complexity index is 741. The molecule has 1 fully saturated rings. The van der Waals surface area contributed by atoms with Crippen LogP contribution < -0.4 is 11.1 Å². The summed E-state index contributed by atoms with van der Waals surface area (Å²) in [7, 11) is 0. The van der Waals surface area contributed by atoms with Crippen LogP contribution in [0.4, 0.5) is 0 Å². The van der Waals surface area contributed by atoms with Gasteiger partial charge < -0.3 is 20.5 Å². The molecule has 0 radical (unpaired) electrons. The standard InChI is InChI=1S/C17H21N5O3.2ClH/c18-5-8-20-16(23)13-2-1-9-22(11-13)17(24)14-10-15(25-21-14)12-3-6-19-7-4-12;;/h3-4,6-7,10,13H,1-2,5,8-9,11,18H2,(H,20,23);2*1H. The van der Waals surface area contributed by atoms with E-state index in [9.17, 15) is 9.59 Å². The topological polar surface area (TPSA) is 114 Å². The molecule has 2 aromatic heterocycles. The lowest BCUT2D eigenvalue weighted by Crippen LogP contribution is -2.46. The first-order chi connectivity index (χ1) is 12.2. The number of carbonyl (C=O) groups excluding carboxylic acids is 2. The van der Waals surface area contributed by atoms with Crippen molar-refractivity contribution in [1.29, 1.82) is 0 Å². The fourth-order valence-electron chi connectivity index (χ4n) is 2.91. The van der Waals surface area contributed by atoms with Crippen molar-refractivity contribution < 1.29 is 14.1 Å². The van der Waals surface area contributed by atoms with E-state index in [1.54, 1.807) is 35.5 Å². The second-order valence-electron chi connectivity index (χ2n) is 5.98. The Morgan fingerprint density at radius 2 is 2.04 bits per heavy atom. The highest BCUT2D eigenvalue weighted by Crippen LogP contribution is 2.22. The molecular weight excluding hydrogens is 393 g/mol. The third-order valence-electron chi connectivity index (χ3n) is 4.22. The minimum Gasteiger partial charge on any atom is -0.355 e. The SMILES string of the molecule is Cl.Cl.NCCNC(=O)C1CCCN(C(=O)c2cc(-c3ccncc3)on2)C1. The predicted molar refractivity (Wildman–Crippen MR) is 105 cm³/mol. The van der Waals surface area contributed by atoms with Crippen molar-refractivity contribution in [1.82, 2.24) is 20.4 Å². The van der Waals surface area contributed by atoms with Crippen molar-refractivity contribution in [2.45, 2.75) is 12.8 Å². The van der Waals surface area contributed by atoms with Gasteiger partial charge in [0.25, 0.3) is 5.91 Å². The van der Waals surface area contributed by atoms with Gasteiger partial charge in [0.05, 0.1) is 5.92 Å². The number of halogens is 2. The van der Waals surface area contributed by atoms with Gasteiger partial charge in [-0.15, -0.1) is 24.8 Å². The van der Waals surface area contributed by atoms with Crippen molar-refractivity contribution >= 4 is 36.6 Å². The molecule has 1 aliphatic heterocycles. The molecule has 0 aromatic carbocycles. The number of nitrogens with one attached hydrogen (secondary N) is 1. The quantitative estimate of drug-likeness (QED) is 0.764. The number of carbonyl (C=O) groups is 2. The molecule has 2 amide bonds. The lowest BCUT2D eigenvalue weighted by atomic mass is 9.97. The number of pyridine rings is 1. The van der Waals surface area contributed by atoms with E-state index in [0.717, 1.165) is 18.4 Å². The van der Waals surface area contributed by atoms with Crippen molar-refractivity contribution in [3.63, 3.8) is 0 Å². The van der Waals surface area contributed by atoms with Gasteiger partial charge in [0.2, 0.25) is 5.91 Å². The molecule has 1 atom stereocenters. The summed E-state index contributed by atoms with van der Waals surface area (Å²) in [5.41, 5.74) is 6.46. The van der Waals surface area contributed by atoms with E-state index in [4.69, 9.17) is 10.3 Å². The summed E-state index contributed by atoms with van der Waals surface area (Å²) in [6.07, 6.45) is 4.84. The minimum atomic E-state index is -0.222. The average Bonchev–Trinajstić information content (AvgIpc) is 3.16. The third kappa shape index (κ3) is 5.66. The maximum absolute atomic E-state index is 12.7. The second kappa shape index (κ2) is 10.9. The zero-order chi connectivity index (χ0) is 17.6. The third-order valence-corrected chi connectivity index (χ3v) is 4.22. The molecule has 8 nitrogen and oxygen atoms in total. The summed E-state index contributed by atoms with van der Waals surface area (Å²) in [6, 6.07) is 5.19. The Labute approximate surface area is 169 Å². The van der Waals surface area contributed by atoms with Crippen LogP contribution in [-0.2, 0) is 4.79 Å². The molecule has 1 aliphatic rings. The van der Waals surface area contributed by atoms with Gasteiger partial charge in [-0.1, -0.05) is 5.16 Å². The Morgan fingerprint density at radius 3 is 2.74 bits per heavy atom. The normalized spacial score (nSPS) is 16.0. The minimum absolute atomic E-state index is 0. The number of aromatic nitrogens is 2. The van der Waals surface area contributed by atoms with Crippen LogP contribution in [0.1, 0.15) is 23.3 Å².